The van der Waals surface area contributed by atoms with Crippen LogP contribution in [0.5, 0.6) is 0 Å². The Morgan fingerprint density at radius 2 is 2.21 bits per heavy atom. The molecule has 0 spiro atoms. The van der Waals surface area contributed by atoms with E-state index >= 15 is 0 Å². The molecule has 14 heavy (non-hydrogen) atoms. The van der Waals surface area contributed by atoms with Crippen molar-refractivity contribution in [2.75, 3.05) is 11.9 Å². The molecule has 1 rings (SSSR count). The lowest BCUT2D eigenvalue weighted by molar-refractivity contribution is 0.0698. The highest BCUT2D eigenvalue weighted by molar-refractivity contribution is 5.94. The number of aryl methyl sites for hydroxylation is 1. The van der Waals surface area contributed by atoms with E-state index in [0.717, 1.165) is 18.5 Å². The van der Waals surface area contributed by atoms with E-state index in [1.165, 1.54) is 0 Å². The molecule has 0 heterocycles. The molecule has 3 heteroatoms. The van der Waals surface area contributed by atoms with Crippen molar-refractivity contribution >= 4 is 11.7 Å². The van der Waals surface area contributed by atoms with Crippen LogP contribution in [0.4, 0.5) is 5.69 Å². The average Bonchev–Trinajstić information content (AvgIpc) is 2.14. The van der Waals surface area contributed by atoms with Crippen molar-refractivity contribution in [3.63, 3.8) is 0 Å². The number of hydrogen-bond donors (Lipinski definition) is 2. The fourth-order valence-corrected chi connectivity index (χ4v) is 1.25. The summed E-state index contributed by atoms with van der Waals surface area (Å²) >= 11 is 0. The first-order valence-corrected chi connectivity index (χ1v) is 4.73. The summed E-state index contributed by atoms with van der Waals surface area (Å²) in [5.41, 5.74) is 2.11. The molecule has 3 nitrogen and oxygen atoms in total. The maximum atomic E-state index is 10.9. The summed E-state index contributed by atoms with van der Waals surface area (Å²) < 4.78 is 0. The van der Waals surface area contributed by atoms with Crippen molar-refractivity contribution in [2.24, 2.45) is 0 Å². The van der Waals surface area contributed by atoms with E-state index in [9.17, 15) is 4.79 Å². The van der Waals surface area contributed by atoms with E-state index in [1.807, 2.05) is 19.9 Å². The third-order valence-corrected chi connectivity index (χ3v) is 1.97. The van der Waals surface area contributed by atoms with Crippen molar-refractivity contribution in [1.82, 2.24) is 0 Å². The van der Waals surface area contributed by atoms with E-state index in [4.69, 9.17) is 5.11 Å². The first-order chi connectivity index (χ1) is 6.65. The van der Waals surface area contributed by atoms with Gasteiger partial charge in [0.15, 0.2) is 0 Å². The SMILES string of the molecule is CCCNc1cc(C)ccc1C(=O)O. The van der Waals surface area contributed by atoms with Crippen LogP contribution in [0.2, 0.25) is 0 Å². The molecule has 0 unspecified atom stereocenters. The highest BCUT2D eigenvalue weighted by Gasteiger charge is 2.08. The maximum absolute atomic E-state index is 10.9. The molecule has 0 saturated carbocycles. The Morgan fingerprint density at radius 3 is 2.79 bits per heavy atom. The average molecular weight is 193 g/mol. The van der Waals surface area contributed by atoms with Gasteiger partial charge >= 0.3 is 5.97 Å². The fourth-order valence-electron chi connectivity index (χ4n) is 1.25. The molecular weight excluding hydrogens is 178 g/mol. The molecule has 0 radical (unpaired) electrons. The predicted octanol–water partition coefficient (Wildman–Crippen LogP) is 2.52. The third kappa shape index (κ3) is 2.49. The molecule has 2 N–H and O–H groups in total. The summed E-state index contributed by atoms with van der Waals surface area (Å²) in [5.74, 6) is -0.886. The van der Waals surface area contributed by atoms with Crippen LogP contribution in [0.25, 0.3) is 0 Å². The topological polar surface area (TPSA) is 49.3 Å². The Labute approximate surface area is 83.8 Å². The van der Waals surface area contributed by atoms with Gasteiger partial charge in [0.25, 0.3) is 0 Å². The van der Waals surface area contributed by atoms with Crippen LogP contribution in [0.15, 0.2) is 18.2 Å². The standard InChI is InChI=1S/C11H15NO2/c1-3-6-12-10-7-8(2)4-5-9(10)11(13)14/h4-5,7,12H,3,6H2,1-2H3,(H,13,14). The Morgan fingerprint density at radius 1 is 1.50 bits per heavy atom. The van der Waals surface area contributed by atoms with Crippen molar-refractivity contribution in [1.29, 1.82) is 0 Å². The minimum absolute atomic E-state index is 0.337. The number of hydrogen-bond acceptors (Lipinski definition) is 2. The second-order valence-electron chi connectivity index (χ2n) is 3.28. The molecule has 0 aliphatic carbocycles. The lowest BCUT2D eigenvalue weighted by atomic mass is 10.1. The second-order valence-corrected chi connectivity index (χ2v) is 3.28. The normalized spacial score (nSPS) is 9.86. The monoisotopic (exact) mass is 193 g/mol. The summed E-state index contributed by atoms with van der Waals surface area (Å²) in [4.78, 5) is 10.9. The zero-order valence-electron chi connectivity index (χ0n) is 8.50. The molecular formula is C11H15NO2. The van der Waals surface area contributed by atoms with E-state index < -0.39 is 5.97 Å². The van der Waals surface area contributed by atoms with Gasteiger partial charge in [0.05, 0.1) is 5.56 Å². The number of benzene rings is 1. The van der Waals surface area contributed by atoms with Crippen molar-refractivity contribution in [3.8, 4) is 0 Å². The van der Waals surface area contributed by atoms with Gasteiger partial charge in [-0.05, 0) is 31.0 Å². The molecule has 0 aromatic heterocycles. The van der Waals surface area contributed by atoms with Gasteiger partial charge in [-0.3, -0.25) is 0 Å². The first-order valence-electron chi connectivity index (χ1n) is 4.73. The summed E-state index contributed by atoms with van der Waals surface area (Å²) in [6.07, 6.45) is 0.979. The van der Waals surface area contributed by atoms with Crippen LogP contribution in [0, 0.1) is 6.92 Å². The Balaban J connectivity index is 2.97. The van der Waals surface area contributed by atoms with Gasteiger partial charge in [0, 0.05) is 12.2 Å². The lowest BCUT2D eigenvalue weighted by Gasteiger charge is -2.09. The minimum Gasteiger partial charge on any atom is -0.478 e. The van der Waals surface area contributed by atoms with Crippen LogP contribution < -0.4 is 5.32 Å². The lowest BCUT2D eigenvalue weighted by Crippen LogP contribution is -2.07. The quantitative estimate of drug-likeness (QED) is 0.772. The fraction of sp³-hybridized carbons (Fsp3) is 0.364. The molecule has 0 amide bonds. The smallest absolute Gasteiger partial charge is 0.337 e. The highest BCUT2D eigenvalue weighted by Crippen LogP contribution is 2.17. The van der Waals surface area contributed by atoms with Gasteiger partial charge in [0.2, 0.25) is 0 Å². The number of carboxylic acids is 1. The molecule has 0 aliphatic rings. The van der Waals surface area contributed by atoms with E-state index in [2.05, 4.69) is 5.32 Å². The summed E-state index contributed by atoms with van der Waals surface area (Å²) in [7, 11) is 0. The molecule has 0 saturated heterocycles. The zero-order chi connectivity index (χ0) is 10.6. The van der Waals surface area contributed by atoms with Gasteiger partial charge in [-0.1, -0.05) is 13.0 Å². The number of carboxylic acid groups (broad SMARTS) is 1. The van der Waals surface area contributed by atoms with Crippen LogP contribution in [-0.4, -0.2) is 17.6 Å². The number of anilines is 1. The minimum atomic E-state index is -0.886. The summed E-state index contributed by atoms with van der Waals surface area (Å²) in [5, 5.41) is 12.0. The van der Waals surface area contributed by atoms with Gasteiger partial charge in [-0.25, -0.2) is 4.79 Å². The van der Waals surface area contributed by atoms with Gasteiger partial charge in [0.1, 0.15) is 0 Å². The number of nitrogens with one attached hydrogen (secondary N) is 1. The van der Waals surface area contributed by atoms with Crippen LogP contribution in [-0.2, 0) is 0 Å². The van der Waals surface area contributed by atoms with E-state index in [-0.39, 0.29) is 0 Å². The van der Waals surface area contributed by atoms with Crippen molar-refractivity contribution in [3.05, 3.63) is 29.3 Å². The molecule has 0 aliphatic heterocycles. The second kappa shape index (κ2) is 4.65. The molecule has 1 aromatic rings. The van der Waals surface area contributed by atoms with Crippen molar-refractivity contribution in [2.45, 2.75) is 20.3 Å². The van der Waals surface area contributed by atoms with Gasteiger partial charge < -0.3 is 10.4 Å². The highest BCUT2D eigenvalue weighted by atomic mass is 16.4. The third-order valence-electron chi connectivity index (χ3n) is 1.97. The van der Waals surface area contributed by atoms with Crippen LogP contribution in [0.3, 0.4) is 0 Å². The predicted molar refractivity (Wildman–Crippen MR) is 56.9 cm³/mol. The summed E-state index contributed by atoms with van der Waals surface area (Å²) in [6, 6.07) is 5.30. The Bertz CT molecular complexity index is 334. The Hall–Kier alpha value is -1.51. The van der Waals surface area contributed by atoms with Crippen LogP contribution >= 0.6 is 0 Å². The number of aromatic carboxylic acids is 1. The largest absolute Gasteiger partial charge is 0.478 e. The molecule has 1 aromatic carbocycles. The van der Waals surface area contributed by atoms with Crippen LogP contribution in [0.1, 0.15) is 29.3 Å². The summed E-state index contributed by atoms with van der Waals surface area (Å²) in [6.45, 7) is 4.79. The number of carbonyl (C=O) groups is 1. The van der Waals surface area contributed by atoms with Gasteiger partial charge in [-0.2, -0.15) is 0 Å². The van der Waals surface area contributed by atoms with Gasteiger partial charge in [-0.15, -0.1) is 0 Å². The van der Waals surface area contributed by atoms with E-state index in [1.54, 1.807) is 12.1 Å². The molecule has 0 fully saturated rings. The zero-order valence-corrected chi connectivity index (χ0v) is 8.50. The number of rotatable bonds is 4. The molecule has 0 bridgehead atoms. The first kappa shape index (κ1) is 10.6. The molecule has 0 atom stereocenters. The van der Waals surface area contributed by atoms with Crippen molar-refractivity contribution < 1.29 is 9.90 Å². The Kier molecular flexibility index (Phi) is 3.51. The maximum Gasteiger partial charge on any atom is 0.337 e. The molecule has 76 valence electrons. The van der Waals surface area contributed by atoms with E-state index in [0.29, 0.717) is 11.3 Å².